The second-order valence-electron chi connectivity index (χ2n) is 11.1. The minimum absolute atomic E-state index is 0. The molecule has 1 aromatic carbocycles. The molecule has 2 heteroatoms. The quantitative estimate of drug-likeness (QED) is 0.149. The fraction of sp³-hybridized carbons (Fsp3) is 0.800. The van der Waals surface area contributed by atoms with E-state index in [1.807, 2.05) is 0 Å². The van der Waals surface area contributed by atoms with Gasteiger partial charge in [-0.15, -0.1) is 0 Å². The van der Waals surface area contributed by atoms with Gasteiger partial charge < -0.3 is 16.9 Å². The van der Waals surface area contributed by atoms with Crippen molar-refractivity contribution in [1.82, 2.24) is 0 Å². The highest BCUT2D eigenvalue weighted by molar-refractivity contribution is 5.14. The molecule has 1 rings (SSSR count). The Morgan fingerprint density at radius 1 is 0.562 bits per heavy atom. The van der Waals surface area contributed by atoms with Crippen LogP contribution in [0.5, 0.6) is 0 Å². The Morgan fingerprint density at radius 2 is 0.969 bits per heavy atom. The van der Waals surface area contributed by atoms with Gasteiger partial charge in [0.05, 0.1) is 27.2 Å². The summed E-state index contributed by atoms with van der Waals surface area (Å²) in [7, 11) is 4.80. The van der Waals surface area contributed by atoms with E-state index in [0.717, 1.165) is 10.4 Å². The largest absolute Gasteiger partial charge is 1.00 e. The van der Waals surface area contributed by atoms with Crippen LogP contribution in [0.3, 0.4) is 0 Å². The van der Waals surface area contributed by atoms with E-state index in [4.69, 9.17) is 0 Å². The summed E-state index contributed by atoms with van der Waals surface area (Å²) in [6.07, 6.45) is 24.5. The SMILES string of the molecule is CC(C)CCCCCCCCCCCCCCCCC[N+](C)(C)CCc1ccccc1.[Cl-]. The van der Waals surface area contributed by atoms with Crippen molar-refractivity contribution in [3.8, 4) is 0 Å². The minimum Gasteiger partial charge on any atom is -1.00 e. The van der Waals surface area contributed by atoms with E-state index >= 15 is 0 Å². The van der Waals surface area contributed by atoms with Crippen LogP contribution < -0.4 is 12.4 Å². The molecule has 0 radical (unpaired) electrons. The topological polar surface area (TPSA) is 0 Å². The summed E-state index contributed by atoms with van der Waals surface area (Å²) in [6.45, 7) is 7.26. The molecule has 1 aromatic rings. The van der Waals surface area contributed by atoms with Crippen molar-refractivity contribution in [2.24, 2.45) is 5.92 Å². The third-order valence-electron chi connectivity index (χ3n) is 6.89. The molecule has 0 aliphatic rings. The van der Waals surface area contributed by atoms with Crippen LogP contribution in [0.4, 0.5) is 0 Å². The molecule has 0 spiro atoms. The van der Waals surface area contributed by atoms with E-state index in [-0.39, 0.29) is 12.4 Å². The molecule has 0 unspecified atom stereocenters. The van der Waals surface area contributed by atoms with Crippen LogP contribution in [-0.2, 0) is 6.42 Å². The van der Waals surface area contributed by atoms with Crippen LogP contribution in [0.2, 0.25) is 0 Å². The molecule has 32 heavy (non-hydrogen) atoms. The van der Waals surface area contributed by atoms with Gasteiger partial charge in [-0.1, -0.05) is 134 Å². The first-order valence-electron chi connectivity index (χ1n) is 13.9. The first kappa shape index (κ1) is 31.5. The number of likely N-dealkylation sites (N-methyl/N-ethyl adjacent to an activating group) is 1. The predicted molar refractivity (Wildman–Crippen MR) is 141 cm³/mol. The molecular formula is C30H56ClN. The zero-order valence-electron chi connectivity index (χ0n) is 22.2. The predicted octanol–water partition coefficient (Wildman–Crippen LogP) is 6.21. The van der Waals surface area contributed by atoms with Crippen LogP contribution in [0.1, 0.15) is 122 Å². The average molecular weight is 466 g/mol. The molecule has 0 bridgehead atoms. The second-order valence-corrected chi connectivity index (χ2v) is 11.1. The number of benzene rings is 1. The van der Waals surface area contributed by atoms with Crippen molar-refractivity contribution in [3.63, 3.8) is 0 Å². The van der Waals surface area contributed by atoms with Gasteiger partial charge in [-0.2, -0.15) is 0 Å². The van der Waals surface area contributed by atoms with Gasteiger partial charge in [-0.05, 0) is 24.3 Å². The van der Waals surface area contributed by atoms with E-state index in [0.29, 0.717) is 0 Å². The zero-order valence-corrected chi connectivity index (χ0v) is 23.0. The first-order chi connectivity index (χ1) is 15.0. The van der Waals surface area contributed by atoms with E-state index < -0.39 is 0 Å². The van der Waals surface area contributed by atoms with Gasteiger partial charge in [0, 0.05) is 6.42 Å². The van der Waals surface area contributed by atoms with Crippen molar-refractivity contribution >= 4 is 0 Å². The first-order valence-corrected chi connectivity index (χ1v) is 13.9. The minimum atomic E-state index is 0. The zero-order chi connectivity index (χ0) is 22.6. The Bertz CT molecular complexity index is 497. The third kappa shape index (κ3) is 20.1. The monoisotopic (exact) mass is 465 g/mol. The van der Waals surface area contributed by atoms with Gasteiger partial charge in [-0.25, -0.2) is 0 Å². The van der Waals surface area contributed by atoms with Gasteiger partial charge >= 0.3 is 0 Å². The Balaban J connectivity index is 0.00000961. The standard InChI is InChI=1S/C30H56N.ClH/c1-29(2)23-19-16-14-12-10-8-6-5-7-9-11-13-15-17-22-27-31(3,4)28-26-30-24-20-18-21-25-30;/h18,20-21,24-25,29H,5-17,19,22-23,26-28H2,1-4H3;1H/q+1;/p-1. The van der Waals surface area contributed by atoms with Crippen molar-refractivity contribution in [1.29, 1.82) is 0 Å². The lowest BCUT2D eigenvalue weighted by molar-refractivity contribution is -0.890. The van der Waals surface area contributed by atoms with Gasteiger partial charge in [0.25, 0.3) is 0 Å². The Morgan fingerprint density at radius 3 is 1.41 bits per heavy atom. The molecule has 0 saturated heterocycles. The highest BCUT2D eigenvalue weighted by Crippen LogP contribution is 2.15. The molecular weight excluding hydrogens is 410 g/mol. The van der Waals surface area contributed by atoms with Gasteiger partial charge in [-0.3, -0.25) is 0 Å². The summed E-state index contributed by atoms with van der Waals surface area (Å²) in [5, 5.41) is 0. The molecule has 1 nitrogen and oxygen atoms in total. The summed E-state index contributed by atoms with van der Waals surface area (Å²) >= 11 is 0. The number of unbranched alkanes of at least 4 members (excludes halogenated alkanes) is 14. The Labute approximate surface area is 208 Å². The summed E-state index contributed by atoms with van der Waals surface area (Å²) in [6, 6.07) is 10.9. The van der Waals surface area contributed by atoms with E-state index in [9.17, 15) is 0 Å². The van der Waals surface area contributed by atoms with Gasteiger partial charge in [0.2, 0.25) is 0 Å². The number of halogens is 1. The van der Waals surface area contributed by atoms with Crippen molar-refractivity contribution in [2.45, 2.75) is 123 Å². The molecule has 188 valence electrons. The molecule has 0 amide bonds. The number of quaternary nitrogens is 1. The molecule has 0 aromatic heterocycles. The van der Waals surface area contributed by atoms with Gasteiger partial charge in [0.1, 0.15) is 0 Å². The van der Waals surface area contributed by atoms with Crippen molar-refractivity contribution in [3.05, 3.63) is 35.9 Å². The summed E-state index contributed by atoms with van der Waals surface area (Å²) in [4.78, 5) is 0. The second kappa shape index (κ2) is 21.0. The van der Waals surface area contributed by atoms with Crippen LogP contribution in [-0.4, -0.2) is 31.7 Å². The smallest absolute Gasteiger partial charge is 0.0823 e. The normalized spacial score (nSPS) is 11.7. The van der Waals surface area contributed by atoms with E-state index in [2.05, 4.69) is 58.3 Å². The maximum Gasteiger partial charge on any atom is 0.0823 e. The summed E-state index contributed by atoms with van der Waals surface area (Å²) < 4.78 is 1.16. The number of hydrogen-bond donors (Lipinski definition) is 0. The molecule has 0 aliphatic carbocycles. The average Bonchev–Trinajstić information content (AvgIpc) is 2.75. The van der Waals surface area contributed by atoms with Crippen LogP contribution >= 0.6 is 0 Å². The molecule has 0 N–H and O–H groups in total. The van der Waals surface area contributed by atoms with Crippen LogP contribution in [0.15, 0.2) is 30.3 Å². The lowest BCUT2D eigenvalue weighted by Gasteiger charge is -2.30. The van der Waals surface area contributed by atoms with Gasteiger partial charge in [0.15, 0.2) is 0 Å². The molecule has 0 fully saturated rings. The van der Waals surface area contributed by atoms with Crippen LogP contribution in [0.25, 0.3) is 0 Å². The Kier molecular flexibility index (Phi) is 20.7. The highest BCUT2D eigenvalue weighted by Gasteiger charge is 2.14. The third-order valence-corrected chi connectivity index (χ3v) is 6.89. The number of hydrogen-bond acceptors (Lipinski definition) is 0. The number of rotatable bonds is 21. The molecule has 0 atom stereocenters. The molecule has 0 aliphatic heterocycles. The van der Waals surface area contributed by atoms with E-state index in [1.54, 1.807) is 0 Å². The van der Waals surface area contributed by atoms with Crippen LogP contribution in [0, 0.1) is 5.92 Å². The summed E-state index contributed by atoms with van der Waals surface area (Å²) in [5.74, 6) is 0.890. The summed E-state index contributed by atoms with van der Waals surface area (Å²) in [5.41, 5.74) is 1.48. The number of nitrogens with zero attached hydrogens (tertiary/aromatic N) is 1. The van der Waals surface area contributed by atoms with Crippen molar-refractivity contribution in [2.75, 3.05) is 27.2 Å². The van der Waals surface area contributed by atoms with Crippen molar-refractivity contribution < 1.29 is 16.9 Å². The highest BCUT2D eigenvalue weighted by atomic mass is 35.5. The molecule has 0 saturated carbocycles. The molecule has 0 heterocycles. The fourth-order valence-electron chi connectivity index (χ4n) is 4.58. The Hall–Kier alpha value is -0.530. The lowest BCUT2D eigenvalue weighted by atomic mass is 10.0. The van der Waals surface area contributed by atoms with E-state index in [1.165, 1.54) is 128 Å². The lowest BCUT2D eigenvalue weighted by Crippen LogP contribution is -3.00. The fourth-order valence-corrected chi connectivity index (χ4v) is 4.58. The maximum absolute atomic E-state index is 2.40. The maximum atomic E-state index is 2.40.